The van der Waals surface area contributed by atoms with Gasteiger partial charge in [-0.1, -0.05) is 54.6 Å². The van der Waals surface area contributed by atoms with E-state index in [2.05, 4.69) is 5.32 Å². The molecule has 0 saturated carbocycles. The smallest absolute Gasteiger partial charge is 0.255 e. The third-order valence-electron chi connectivity index (χ3n) is 6.68. The number of aromatic nitrogens is 1. The molecule has 0 spiro atoms. The van der Waals surface area contributed by atoms with Crippen molar-refractivity contribution in [2.45, 2.75) is 13.8 Å². The summed E-state index contributed by atoms with van der Waals surface area (Å²) < 4.78 is 13.5. The van der Waals surface area contributed by atoms with Crippen LogP contribution in [0.4, 0.5) is 11.4 Å². The summed E-state index contributed by atoms with van der Waals surface area (Å²) in [6.07, 6.45) is 3.90. The van der Waals surface area contributed by atoms with E-state index in [9.17, 15) is 4.79 Å². The third-order valence-corrected chi connectivity index (χ3v) is 6.68. The number of benzene rings is 5. The number of hydrogen-bond acceptors (Lipinski definition) is 4. The molecule has 43 heavy (non-hydrogen) atoms. The maximum atomic E-state index is 12.8. The Morgan fingerprint density at radius 3 is 1.79 bits per heavy atom. The highest BCUT2D eigenvalue weighted by Gasteiger charge is 2.10. The number of aryl methyl sites for hydroxylation is 2. The Kier molecular flexibility index (Phi) is 9.19. The molecule has 6 heteroatoms. The van der Waals surface area contributed by atoms with E-state index in [4.69, 9.17) is 15.2 Å². The predicted molar refractivity (Wildman–Crippen MR) is 174 cm³/mol. The molecule has 5 aromatic carbocycles. The molecule has 1 aromatic heterocycles. The first-order chi connectivity index (χ1) is 20.9. The van der Waals surface area contributed by atoms with E-state index in [1.165, 1.54) is 0 Å². The van der Waals surface area contributed by atoms with Crippen LogP contribution >= 0.6 is 0 Å². The number of amides is 1. The first-order valence-corrected chi connectivity index (χ1v) is 13.9. The van der Waals surface area contributed by atoms with Crippen molar-refractivity contribution in [3.05, 3.63) is 163 Å². The van der Waals surface area contributed by atoms with Crippen molar-refractivity contribution in [2.24, 2.45) is 0 Å². The van der Waals surface area contributed by atoms with Crippen LogP contribution < -0.4 is 20.5 Å². The van der Waals surface area contributed by atoms with E-state index < -0.39 is 0 Å². The second-order valence-electron chi connectivity index (χ2n) is 9.92. The quantitative estimate of drug-likeness (QED) is 0.189. The molecular weight excluding hydrogens is 534 g/mol. The van der Waals surface area contributed by atoms with Crippen LogP contribution in [-0.2, 0) is 0 Å². The Labute approximate surface area is 252 Å². The van der Waals surface area contributed by atoms with Gasteiger partial charge < -0.3 is 25.1 Å². The van der Waals surface area contributed by atoms with Gasteiger partial charge in [0.2, 0.25) is 0 Å². The van der Waals surface area contributed by atoms with Crippen LogP contribution in [-0.4, -0.2) is 10.5 Å². The van der Waals surface area contributed by atoms with Crippen molar-refractivity contribution in [1.82, 2.24) is 4.57 Å². The minimum atomic E-state index is -0.158. The summed E-state index contributed by atoms with van der Waals surface area (Å²) in [6, 6.07) is 42.0. The molecule has 0 unspecified atom stereocenters. The van der Waals surface area contributed by atoms with Gasteiger partial charge in [0.1, 0.15) is 23.0 Å². The molecule has 0 aliphatic heterocycles. The zero-order chi connectivity index (χ0) is 30.0. The van der Waals surface area contributed by atoms with Gasteiger partial charge in [-0.2, -0.15) is 0 Å². The topological polar surface area (TPSA) is 78.5 Å². The highest BCUT2D eigenvalue weighted by molar-refractivity contribution is 6.05. The van der Waals surface area contributed by atoms with Gasteiger partial charge in [-0.05, 0) is 91.7 Å². The second kappa shape index (κ2) is 13.7. The van der Waals surface area contributed by atoms with Crippen molar-refractivity contribution >= 4 is 17.3 Å². The van der Waals surface area contributed by atoms with Crippen LogP contribution in [0.25, 0.3) is 5.69 Å². The van der Waals surface area contributed by atoms with Crippen molar-refractivity contribution in [3.8, 4) is 28.7 Å². The van der Waals surface area contributed by atoms with E-state index >= 15 is 0 Å². The van der Waals surface area contributed by atoms with E-state index in [1.807, 2.05) is 164 Å². The molecule has 0 radical (unpaired) electrons. The Morgan fingerprint density at radius 2 is 1.19 bits per heavy atom. The Hall–Kier alpha value is -5.75. The molecular formula is C37H33N3O3. The molecule has 1 amide bonds. The lowest BCUT2D eigenvalue weighted by atomic mass is 10.1. The summed E-state index contributed by atoms with van der Waals surface area (Å²) in [5, 5.41) is 3.00. The summed E-state index contributed by atoms with van der Waals surface area (Å²) in [5.74, 6) is 2.86. The maximum absolute atomic E-state index is 12.8. The van der Waals surface area contributed by atoms with Crippen LogP contribution in [0.5, 0.6) is 23.0 Å². The number of anilines is 2. The molecule has 1 heterocycles. The number of ether oxygens (including phenoxy) is 2. The summed E-state index contributed by atoms with van der Waals surface area (Å²) in [4.78, 5) is 12.8. The molecule has 3 N–H and O–H groups in total. The number of nitrogen functional groups attached to an aromatic ring is 1. The van der Waals surface area contributed by atoms with Crippen molar-refractivity contribution in [2.75, 3.05) is 11.1 Å². The highest BCUT2D eigenvalue weighted by atomic mass is 16.5. The first kappa shape index (κ1) is 28.8. The largest absolute Gasteiger partial charge is 0.457 e. The van der Waals surface area contributed by atoms with Crippen LogP contribution in [0.15, 0.2) is 146 Å². The average molecular weight is 568 g/mol. The van der Waals surface area contributed by atoms with Gasteiger partial charge in [-0.15, -0.1) is 0 Å². The van der Waals surface area contributed by atoms with Gasteiger partial charge in [0.25, 0.3) is 5.91 Å². The molecule has 0 saturated heterocycles. The van der Waals surface area contributed by atoms with Crippen molar-refractivity contribution in [1.29, 1.82) is 0 Å². The summed E-state index contributed by atoms with van der Waals surface area (Å²) in [7, 11) is 0. The fourth-order valence-electron chi connectivity index (χ4n) is 4.24. The minimum absolute atomic E-state index is 0.158. The predicted octanol–water partition coefficient (Wildman–Crippen LogP) is 9.20. The second-order valence-corrected chi connectivity index (χ2v) is 9.92. The highest BCUT2D eigenvalue weighted by Crippen LogP contribution is 2.27. The van der Waals surface area contributed by atoms with Crippen LogP contribution in [0.3, 0.4) is 0 Å². The van der Waals surface area contributed by atoms with Crippen LogP contribution in [0.2, 0.25) is 0 Å². The Bertz CT molecular complexity index is 1780. The zero-order valence-corrected chi connectivity index (χ0v) is 24.1. The average Bonchev–Trinajstić information content (AvgIpc) is 3.58. The fraction of sp³-hybridized carbons (Fsp3) is 0.0541. The first-order valence-electron chi connectivity index (χ1n) is 13.9. The number of rotatable bonds is 7. The van der Waals surface area contributed by atoms with Gasteiger partial charge in [0.15, 0.2) is 0 Å². The lowest BCUT2D eigenvalue weighted by Crippen LogP contribution is -2.13. The van der Waals surface area contributed by atoms with Gasteiger partial charge in [-0.3, -0.25) is 4.79 Å². The SMILES string of the molecule is Cc1ccc(Oc2ccccc2)cc1N.Cc1ccc(Oc2ccccc2)cc1NC(=O)c1cccc(-n2cccc2)c1. The van der Waals surface area contributed by atoms with E-state index in [-0.39, 0.29) is 5.91 Å². The Balaban J connectivity index is 0.000000207. The monoisotopic (exact) mass is 567 g/mol. The number of hydrogen-bond donors (Lipinski definition) is 2. The van der Waals surface area contributed by atoms with Gasteiger partial charge in [-0.25, -0.2) is 0 Å². The normalized spacial score (nSPS) is 10.3. The number of nitrogens with two attached hydrogens (primary N) is 1. The standard InChI is InChI=1S/C24H20N2O2.C13H13NO/c1-18-12-13-22(28-21-10-3-2-4-11-21)17-23(18)25-24(27)19-8-7-9-20(16-19)26-14-5-6-15-26;1-10-7-8-12(9-13(10)14)15-11-5-3-2-4-6-11/h2-17H,1H3,(H,25,27);2-9H,14H2,1H3. The molecule has 0 fully saturated rings. The van der Waals surface area contributed by atoms with E-state index in [0.29, 0.717) is 11.3 Å². The maximum Gasteiger partial charge on any atom is 0.255 e. The number of carbonyl (C=O) groups is 1. The van der Waals surface area contributed by atoms with Gasteiger partial charge in [0.05, 0.1) is 0 Å². The minimum Gasteiger partial charge on any atom is -0.457 e. The van der Waals surface area contributed by atoms with E-state index in [1.54, 1.807) is 0 Å². The Morgan fingerprint density at radius 1 is 0.605 bits per heavy atom. The molecule has 0 bridgehead atoms. The lowest BCUT2D eigenvalue weighted by Gasteiger charge is -2.12. The van der Waals surface area contributed by atoms with Gasteiger partial charge in [0, 0.05) is 47.2 Å². The summed E-state index contributed by atoms with van der Waals surface area (Å²) in [5.41, 5.74) is 10.8. The molecule has 6 nitrogen and oxygen atoms in total. The van der Waals surface area contributed by atoms with Crippen molar-refractivity contribution in [3.63, 3.8) is 0 Å². The summed E-state index contributed by atoms with van der Waals surface area (Å²) >= 11 is 0. The lowest BCUT2D eigenvalue weighted by molar-refractivity contribution is 0.102. The third kappa shape index (κ3) is 7.93. The molecule has 0 aliphatic carbocycles. The molecule has 214 valence electrons. The number of nitrogens with zero attached hydrogens (tertiary/aromatic N) is 1. The summed E-state index contributed by atoms with van der Waals surface area (Å²) in [6.45, 7) is 3.93. The molecule has 0 atom stereocenters. The molecule has 6 rings (SSSR count). The van der Waals surface area contributed by atoms with Crippen LogP contribution in [0, 0.1) is 13.8 Å². The van der Waals surface area contributed by atoms with Gasteiger partial charge >= 0.3 is 0 Å². The van der Waals surface area contributed by atoms with E-state index in [0.717, 1.165) is 45.4 Å². The number of nitrogens with one attached hydrogen (secondary N) is 1. The zero-order valence-electron chi connectivity index (χ0n) is 24.1. The fourth-order valence-corrected chi connectivity index (χ4v) is 4.24. The van der Waals surface area contributed by atoms with Crippen LogP contribution in [0.1, 0.15) is 21.5 Å². The molecule has 0 aliphatic rings. The number of carbonyl (C=O) groups excluding carboxylic acids is 1. The van der Waals surface area contributed by atoms with Crippen molar-refractivity contribution < 1.29 is 14.3 Å². The number of para-hydroxylation sites is 2. The molecule has 6 aromatic rings.